The highest BCUT2D eigenvalue weighted by Gasteiger charge is 2.51. The van der Waals surface area contributed by atoms with E-state index in [-0.39, 0.29) is 16.9 Å². The molecule has 114 valence electrons. The van der Waals surface area contributed by atoms with E-state index >= 15 is 0 Å². The number of aliphatic hydroxyl groups is 1. The quantitative estimate of drug-likeness (QED) is 0.883. The van der Waals surface area contributed by atoms with Crippen LogP contribution in [0.4, 0.5) is 0 Å². The van der Waals surface area contributed by atoms with Gasteiger partial charge in [0.2, 0.25) is 0 Å². The lowest BCUT2D eigenvalue weighted by Crippen LogP contribution is -2.44. The smallest absolute Gasteiger partial charge is 0.0738 e. The molecule has 3 N–H and O–H groups in total. The van der Waals surface area contributed by atoms with Crippen molar-refractivity contribution in [2.24, 2.45) is 16.6 Å². The summed E-state index contributed by atoms with van der Waals surface area (Å²) in [5.41, 5.74) is 7.94. The van der Waals surface area contributed by atoms with Gasteiger partial charge in [0.05, 0.1) is 22.0 Å². The Kier molecular flexibility index (Phi) is 4.34. The van der Waals surface area contributed by atoms with Crippen LogP contribution < -0.4 is 5.73 Å². The molecule has 1 saturated carbocycles. The molecule has 5 heteroatoms. The van der Waals surface area contributed by atoms with Crippen LogP contribution in [0.5, 0.6) is 0 Å². The molecule has 0 aromatic carbocycles. The van der Waals surface area contributed by atoms with E-state index in [1.807, 2.05) is 11.6 Å². The molecule has 1 aromatic heterocycles. The summed E-state index contributed by atoms with van der Waals surface area (Å²) in [6.07, 6.45) is 2.40. The van der Waals surface area contributed by atoms with Gasteiger partial charge in [-0.1, -0.05) is 13.8 Å². The second-order valence-electron chi connectivity index (χ2n) is 6.80. The lowest BCUT2D eigenvalue weighted by atomic mass is 9.75. The molecular weight excluding hydrogens is 318 g/mol. The van der Waals surface area contributed by atoms with Crippen molar-refractivity contribution in [3.8, 4) is 0 Å². The molecule has 4 nitrogen and oxygen atoms in total. The van der Waals surface area contributed by atoms with Crippen molar-refractivity contribution in [1.29, 1.82) is 0 Å². The molecule has 1 aromatic rings. The Balaban J connectivity index is 2.37. The van der Waals surface area contributed by atoms with E-state index in [0.717, 1.165) is 41.7 Å². The summed E-state index contributed by atoms with van der Waals surface area (Å²) in [4.78, 5) is 0. The number of hydrogen-bond donors (Lipinski definition) is 2. The minimum Gasteiger partial charge on any atom is -0.392 e. The summed E-state index contributed by atoms with van der Waals surface area (Å²) in [6, 6.07) is 0. The van der Waals surface area contributed by atoms with Crippen LogP contribution in [0.1, 0.15) is 45.0 Å². The van der Waals surface area contributed by atoms with Crippen molar-refractivity contribution >= 4 is 15.9 Å². The summed E-state index contributed by atoms with van der Waals surface area (Å²) in [6.45, 7) is 9.70. The van der Waals surface area contributed by atoms with Crippen molar-refractivity contribution in [3.63, 3.8) is 0 Å². The maximum absolute atomic E-state index is 10.8. The number of halogens is 1. The molecule has 0 saturated heterocycles. The minimum atomic E-state index is -0.368. The summed E-state index contributed by atoms with van der Waals surface area (Å²) in [5, 5.41) is 15.3. The second-order valence-corrected chi connectivity index (χ2v) is 7.59. The summed E-state index contributed by atoms with van der Waals surface area (Å²) in [5.74, 6) is 0. The van der Waals surface area contributed by atoms with E-state index in [9.17, 15) is 5.11 Å². The predicted molar refractivity (Wildman–Crippen MR) is 84.6 cm³/mol. The molecule has 1 aliphatic rings. The fourth-order valence-corrected chi connectivity index (χ4v) is 3.94. The van der Waals surface area contributed by atoms with Gasteiger partial charge in [-0.05, 0) is 54.5 Å². The van der Waals surface area contributed by atoms with Crippen LogP contribution in [0, 0.1) is 17.8 Å². The number of aryl methyl sites for hydroxylation is 2. The third kappa shape index (κ3) is 2.44. The van der Waals surface area contributed by atoms with Crippen LogP contribution in [0.2, 0.25) is 0 Å². The van der Waals surface area contributed by atoms with Crippen LogP contribution in [0.15, 0.2) is 4.47 Å². The molecule has 0 amide bonds. The highest BCUT2D eigenvalue weighted by Crippen LogP contribution is 2.50. The first-order valence-electron chi connectivity index (χ1n) is 7.37. The minimum absolute atomic E-state index is 0.0576. The molecule has 1 fully saturated rings. The number of hydrogen-bond acceptors (Lipinski definition) is 3. The molecule has 0 spiro atoms. The van der Waals surface area contributed by atoms with Crippen molar-refractivity contribution < 1.29 is 5.11 Å². The third-order valence-electron chi connectivity index (χ3n) is 4.97. The maximum atomic E-state index is 10.8. The second kappa shape index (κ2) is 5.43. The SMILES string of the molecule is CCn1nc(C)c(Br)c1CC1(CN)CCC(C)(C)C1O. The zero-order valence-electron chi connectivity index (χ0n) is 12.9. The Bertz CT molecular complexity index is 498. The van der Waals surface area contributed by atoms with Gasteiger partial charge >= 0.3 is 0 Å². The van der Waals surface area contributed by atoms with Crippen molar-refractivity contribution in [2.75, 3.05) is 6.54 Å². The van der Waals surface area contributed by atoms with Crippen molar-refractivity contribution in [3.05, 3.63) is 15.9 Å². The lowest BCUT2D eigenvalue weighted by molar-refractivity contribution is -0.00561. The average molecular weight is 344 g/mol. The first-order valence-corrected chi connectivity index (χ1v) is 8.16. The Morgan fingerprint density at radius 3 is 2.55 bits per heavy atom. The van der Waals surface area contributed by atoms with E-state index in [2.05, 4.69) is 41.8 Å². The zero-order chi connectivity index (χ0) is 15.1. The van der Waals surface area contributed by atoms with Gasteiger partial charge in [-0.3, -0.25) is 4.68 Å². The van der Waals surface area contributed by atoms with Gasteiger partial charge in [-0.15, -0.1) is 0 Å². The predicted octanol–water partition coefficient (Wildman–Crippen LogP) is 2.64. The monoisotopic (exact) mass is 343 g/mol. The van der Waals surface area contributed by atoms with Crippen LogP contribution in [-0.2, 0) is 13.0 Å². The number of nitrogens with two attached hydrogens (primary N) is 1. The normalized spacial score (nSPS) is 29.1. The number of aromatic nitrogens is 2. The third-order valence-corrected chi connectivity index (χ3v) is 6.00. The highest BCUT2D eigenvalue weighted by atomic mass is 79.9. The van der Waals surface area contributed by atoms with E-state index in [1.54, 1.807) is 0 Å². The molecule has 0 aliphatic heterocycles. The summed E-state index contributed by atoms with van der Waals surface area (Å²) < 4.78 is 3.08. The largest absolute Gasteiger partial charge is 0.392 e. The fourth-order valence-electron chi connectivity index (χ4n) is 3.52. The van der Waals surface area contributed by atoms with Crippen LogP contribution in [0.3, 0.4) is 0 Å². The van der Waals surface area contributed by atoms with E-state index in [4.69, 9.17) is 5.73 Å². The van der Waals surface area contributed by atoms with Gasteiger partial charge in [0.15, 0.2) is 0 Å². The van der Waals surface area contributed by atoms with Crippen molar-refractivity contribution in [1.82, 2.24) is 9.78 Å². The molecule has 2 unspecified atom stereocenters. The Morgan fingerprint density at radius 1 is 1.45 bits per heavy atom. The van der Waals surface area contributed by atoms with E-state index in [0.29, 0.717) is 6.54 Å². The van der Waals surface area contributed by atoms with E-state index < -0.39 is 0 Å². The Morgan fingerprint density at radius 2 is 2.10 bits per heavy atom. The number of rotatable bonds is 4. The first kappa shape index (κ1) is 16.0. The van der Waals surface area contributed by atoms with Gasteiger partial charge in [0.25, 0.3) is 0 Å². The zero-order valence-corrected chi connectivity index (χ0v) is 14.5. The van der Waals surface area contributed by atoms with Gasteiger partial charge < -0.3 is 10.8 Å². The van der Waals surface area contributed by atoms with Crippen molar-refractivity contribution in [2.45, 2.75) is 59.6 Å². The van der Waals surface area contributed by atoms with Gasteiger partial charge in [-0.25, -0.2) is 0 Å². The first-order chi connectivity index (χ1) is 9.27. The molecule has 2 atom stereocenters. The highest BCUT2D eigenvalue weighted by molar-refractivity contribution is 9.10. The standard InChI is InChI=1S/C15H26BrN3O/c1-5-19-11(12(16)10(2)18-19)8-15(9-17)7-6-14(3,4)13(15)20/h13,20H,5-9,17H2,1-4H3. The molecule has 0 bridgehead atoms. The van der Waals surface area contributed by atoms with E-state index in [1.165, 1.54) is 0 Å². The molecule has 1 heterocycles. The average Bonchev–Trinajstić information content (AvgIpc) is 2.81. The Hall–Kier alpha value is -0.390. The lowest BCUT2D eigenvalue weighted by Gasteiger charge is -2.36. The molecule has 0 radical (unpaired) electrons. The van der Waals surface area contributed by atoms with Crippen LogP contribution in [0.25, 0.3) is 0 Å². The Labute approximate surface area is 129 Å². The van der Waals surface area contributed by atoms with Gasteiger partial charge in [0.1, 0.15) is 0 Å². The summed E-state index contributed by atoms with van der Waals surface area (Å²) >= 11 is 3.65. The molecule has 2 rings (SSSR count). The van der Waals surface area contributed by atoms with Crippen LogP contribution in [-0.4, -0.2) is 27.5 Å². The fraction of sp³-hybridized carbons (Fsp3) is 0.800. The summed E-state index contributed by atoms with van der Waals surface area (Å²) in [7, 11) is 0. The number of aliphatic hydroxyl groups excluding tert-OH is 1. The van der Waals surface area contributed by atoms with Gasteiger partial charge in [0, 0.05) is 18.5 Å². The molecule has 20 heavy (non-hydrogen) atoms. The molecular formula is C15H26BrN3O. The topological polar surface area (TPSA) is 64.1 Å². The molecule has 1 aliphatic carbocycles. The van der Waals surface area contributed by atoms with Crippen LogP contribution >= 0.6 is 15.9 Å². The maximum Gasteiger partial charge on any atom is 0.0738 e. The van der Waals surface area contributed by atoms with Gasteiger partial charge in [-0.2, -0.15) is 5.10 Å². The number of nitrogens with zero attached hydrogens (tertiary/aromatic N) is 2.